The highest BCUT2D eigenvalue weighted by Crippen LogP contribution is 2.76. The summed E-state index contributed by atoms with van der Waals surface area (Å²) in [6.07, 6.45) is 15.7. The highest BCUT2D eigenvalue weighted by atomic mass is 31.1. The standard InChI is InChI=1S/C26H39PSi/c1-28(2)25-21-14-8-6-10-18(21)16-23(25)27(20-12-4-3-5-13-20)24-17-19-11-7-9-15-22(19)26(24)28/h3-5,12-13,18-19,21-26H,6-11,14-17H2,1-2H3. The van der Waals surface area contributed by atoms with E-state index in [0.717, 1.165) is 46.1 Å². The summed E-state index contributed by atoms with van der Waals surface area (Å²) in [7, 11) is -1.17. The second-order valence-corrected chi connectivity index (χ2v) is 19.3. The van der Waals surface area contributed by atoms with Gasteiger partial charge in [0.25, 0.3) is 0 Å². The first kappa shape index (κ1) is 18.6. The maximum atomic E-state index is 2.90. The highest BCUT2D eigenvalue weighted by Gasteiger charge is 2.65. The Balaban J connectivity index is 1.47. The van der Waals surface area contributed by atoms with Crippen LogP contribution in [0.1, 0.15) is 64.2 Å². The Morgan fingerprint density at radius 3 is 1.75 bits per heavy atom. The predicted molar refractivity (Wildman–Crippen MR) is 126 cm³/mol. The summed E-state index contributed by atoms with van der Waals surface area (Å²) in [5, 5.41) is 1.80. The van der Waals surface area contributed by atoms with Gasteiger partial charge in [0.2, 0.25) is 0 Å². The quantitative estimate of drug-likeness (QED) is 0.334. The van der Waals surface area contributed by atoms with Crippen LogP contribution in [0, 0.1) is 23.7 Å². The van der Waals surface area contributed by atoms with Crippen molar-refractivity contribution in [2.75, 3.05) is 0 Å². The van der Waals surface area contributed by atoms with E-state index in [1.807, 2.05) is 0 Å². The lowest BCUT2D eigenvalue weighted by Gasteiger charge is -2.55. The van der Waals surface area contributed by atoms with E-state index in [4.69, 9.17) is 0 Å². The van der Waals surface area contributed by atoms with Crippen molar-refractivity contribution in [2.24, 2.45) is 23.7 Å². The number of benzene rings is 1. The fourth-order valence-corrected chi connectivity index (χ4v) is 22.6. The van der Waals surface area contributed by atoms with Crippen LogP contribution in [0.4, 0.5) is 0 Å². The normalized spacial score (nSPS) is 49.0. The Morgan fingerprint density at radius 1 is 0.714 bits per heavy atom. The van der Waals surface area contributed by atoms with Crippen LogP contribution in [-0.2, 0) is 0 Å². The lowest BCUT2D eigenvalue weighted by molar-refractivity contribution is 0.263. The zero-order chi connectivity index (χ0) is 18.9. The Morgan fingerprint density at radius 2 is 1.21 bits per heavy atom. The molecule has 152 valence electrons. The summed E-state index contributed by atoms with van der Waals surface area (Å²) in [6, 6.07) is 12.0. The van der Waals surface area contributed by atoms with Crippen molar-refractivity contribution < 1.29 is 0 Å². The Labute approximate surface area is 175 Å². The van der Waals surface area contributed by atoms with E-state index in [1.54, 1.807) is 43.8 Å². The number of rotatable bonds is 1. The van der Waals surface area contributed by atoms with Crippen molar-refractivity contribution in [3.05, 3.63) is 30.3 Å². The molecule has 2 heteroatoms. The SMILES string of the molecule is C[Si]1(C)C2C3CCCCC3CC2P(c2ccccc2)C2CC3CCCCC3C21. The molecule has 5 aliphatic rings. The van der Waals surface area contributed by atoms with Crippen molar-refractivity contribution in [2.45, 2.75) is 99.7 Å². The van der Waals surface area contributed by atoms with Gasteiger partial charge in [-0.15, -0.1) is 0 Å². The molecule has 28 heavy (non-hydrogen) atoms. The fraction of sp³-hybridized carbons (Fsp3) is 0.769. The zero-order valence-corrected chi connectivity index (χ0v) is 19.9. The van der Waals surface area contributed by atoms with E-state index in [9.17, 15) is 0 Å². The first-order valence-corrected chi connectivity index (χ1v) is 17.1. The van der Waals surface area contributed by atoms with Gasteiger partial charge in [0.1, 0.15) is 0 Å². The van der Waals surface area contributed by atoms with Gasteiger partial charge < -0.3 is 0 Å². The van der Waals surface area contributed by atoms with Crippen molar-refractivity contribution in [3.8, 4) is 0 Å². The highest BCUT2D eigenvalue weighted by molar-refractivity contribution is 7.67. The molecule has 0 N–H and O–H groups in total. The van der Waals surface area contributed by atoms with Crippen LogP contribution in [0.5, 0.6) is 0 Å². The molecule has 8 unspecified atom stereocenters. The first-order valence-electron chi connectivity index (χ1n) is 12.5. The summed E-state index contributed by atoms with van der Waals surface area (Å²) in [5.41, 5.74) is 4.50. The van der Waals surface area contributed by atoms with Gasteiger partial charge in [0.05, 0.1) is 8.07 Å². The number of fused-ring (bicyclic) bond motifs is 6. The smallest absolute Gasteiger partial charge is 0.0554 e. The minimum atomic E-state index is -1.23. The van der Waals surface area contributed by atoms with Gasteiger partial charge >= 0.3 is 0 Å². The van der Waals surface area contributed by atoms with Crippen LogP contribution in [0.25, 0.3) is 0 Å². The molecule has 0 radical (unpaired) electrons. The second kappa shape index (κ2) is 6.95. The van der Waals surface area contributed by atoms with Crippen LogP contribution in [-0.4, -0.2) is 19.4 Å². The molecule has 0 spiro atoms. The average Bonchev–Trinajstić information content (AvgIpc) is 3.28. The fourth-order valence-electron chi connectivity index (χ4n) is 9.61. The van der Waals surface area contributed by atoms with Crippen LogP contribution in [0.2, 0.25) is 24.2 Å². The molecule has 5 fully saturated rings. The Hall–Kier alpha value is -0.133. The largest absolute Gasteiger partial charge is 0.0689 e. The molecular formula is C26H39PSi. The topological polar surface area (TPSA) is 0 Å². The van der Waals surface area contributed by atoms with Gasteiger partial charge in [-0.2, -0.15) is 0 Å². The summed E-state index contributed by atoms with van der Waals surface area (Å²) >= 11 is 0. The number of hydrogen-bond acceptors (Lipinski definition) is 0. The monoisotopic (exact) mass is 410 g/mol. The third kappa shape index (κ3) is 2.64. The van der Waals surface area contributed by atoms with Gasteiger partial charge in [-0.1, -0.05) is 103 Å². The van der Waals surface area contributed by atoms with Crippen molar-refractivity contribution >= 4 is 21.3 Å². The van der Waals surface area contributed by atoms with Gasteiger partial charge in [0, 0.05) is 0 Å². The number of hydrogen-bond donors (Lipinski definition) is 0. The van der Waals surface area contributed by atoms with E-state index >= 15 is 0 Å². The van der Waals surface area contributed by atoms with Gasteiger partial charge in [-0.25, -0.2) is 0 Å². The van der Waals surface area contributed by atoms with Crippen LogP contribution in [0.3, 0.4) is 0 Å². The molecule has 8 atom stereocenters. The van der Waals surface area contributed by atoms with E-state index in [2.05, 4.69) is 43.4 Å². The van der Waals surface area contributed by atoms with Crippen molar-refractivity contribution in [1.29, 1.82) is 0 Å². The zero-order valence-electron chi connectivity index (χ0n) is 18.0. The molecule has 4 saturated carbocycles. The summed E-state index contributed by atoms with van der Waals surface area (Å²) in [4.78, 5) is 0. The molecule has 1 aromatic rings. The molecular weight excluding hydrogens is 371 g/mol. The van der Waals surface area contributed by atoms with E-state index < -0.39 is 8.07 Å². The van der Waals surface area contributed by atoms with Crippen LogP contribution in [0.15, 0.2) is 30.3 Å². The summed E-state index contributed by atoms with van der Waals surface area (Å²) < 4.78 is 0. The molecule has 0 bridgehead atoms. The van der Waals surface area contributed by atoms with E-state index in [1.165, 1.54) is 25.7 Å². The lowest BCUT2D eigenvalue weighted by atomic mass is 9.81. The minimum Gasteiger partial charge on any atom is -0.0689 e. The van der Waals surface area contributed by atoms with Crippen LogP contribution < -0.4 is 5.30 Å². The first-order chi connectivity index (χ1) is 13.7. The maximum Gasteiger partial charge on any atom is 0.0554 e. The Bertz CT molecular complexity index is 674. The third-order valence-corrected chi connectivity index (χ3v) is 19.3. The second-order valence-electron chi connectivity index (χ2n) is 11.6. The Kier molecular flexibility index (Phi) is 4.62. The summed E-state index contributed by atoms with van der Waals surface area (Å²) in [5.74, 6) is 4.45. The predicted octanol–water partition coefficient (Wildman–Crippen LogP) is 7.41. The van der Waals surface area contributed by atoms with Gasteiger partial charge in [-0.3, -0.25) is 0 Å². The molecule has 0 aromatic heterocycles. The molecule has 6 rings (SSSR count). The van der Waals surface area contributed by atoms with E-state index in [0.29, 0.717) is 0 Å². The van der Waals surface area contributed by atoms with Crippen molar-refractivity contribution in [3.63, 3.8) is 0 Å². The minimum absolute atomic E-state index is 0.0549. The van der Waals surface area contributed by atoms with Gasteiger partial charge in [0.15, 0.2) is 0 Å². The van der Waals surface area contributed by atoms with Gasteiger partial charge in [-0.05, 0) is 64.2 Å². The molecule has 0 amide bonds. The van der Waals surface area contributed by atoms with Crippen molar-refractivity contribution in [1.82, 2.24) is 0 Å². The third-order valence-electron chi connectivity index (χ3n) is 10.3. The lowest BCUT2D eigenvalue weighted by Crippen LogP contribution is -2.53. The van der Waals surface area contributed by atoms with Crippen LogP contribution >= 0.6 is 7.92 Å². The average molecular weight is 411 g/mol. The molecule has 1 heterocycles. The molecule has 4 aliphatic carbocycles. The molecule has 1 aromatic carbocycles. The molecule has 1 aliphatic heterocycles. The molecule has 0 nitrogen and oxygen atoms in total. The maximum absolute atomic E-state index is 2.90. The summed E-state index contributed by atoms with van der Waals surface area (Å²) in [6.45, 7) is 5.79. The molecule has 1 saturated heterocycles. The van der Waals surface area contributed by atoms with E-state index in [-0.39, 0.29) is 7.92 Å².